The number of allylic oxidation sites excluding steroid dienone is 1. The van der Waals surface area contributed by atoms with Crippen LogP contribution in [0.25, 0.3) is 6.08 Å². The fourth-order valence-corrected chi connectivity index (χ4v) is 2.64. The van der Waals surface area contributed by atoms with Gasteiger partial charge in [0.1, 0.15) is 0 Å². The number of nitrogens with zero attached hydrogens (tertiary/aromatic N) is 1. The van der Waals surface area contributed by atoms with E-state index < -0.39 is 11.8 Å². The average Bonchev–Trinajstić information content (AvgIpc) is 2.54. The first kappa shape index (κ1) is 12.4. The van der Waals surface area contributed by atoms with Gasteiger partial charge in [-0.15, -0.1) is 0 Å². The summed E-state index contributed by atoms with van der Waals surface area (Å²) in [6.45, 7) is 0. The molecule has 2 aromatic rings. The van der Waals surface area contributed by atoms with E-state index in [0.29, 0.717) is 5.56 Å². The van der Waals surface area contributed by atoms with Crippen LogP contribution in [0.15, 0.2) is 60.7 Å². The second kappa shape index (κ2) is 5.14. The number of carbonyl (C=O) groups excluding carboxylic acids is 1. The number of hydrogen-bond acceptors (Lipinski definition) is 2. The number of carbonyl (C=O) groups is 1. The molecule has 20 heavy (non-hydrogen) atoms. The Hall–Kier alpha value is -2.66. The maximum Gasteiger partial charge on any atom is 0.171 e. The van der Waals surface area contributed by atoms with Crippen LogP contribution < -0.4 is 0 Å². The number of hydrogen-bond donors (Lipinski definition) is 0. The van der Waals surface area contributed by atoms with Crippen molar-refractivity contribution in [3.8, 4) is 6.07 Å². The summed E-state index contributed by atoms with van der Waals surface area (Å²) < 4.78 is 0. The summed E-state index contributed by atoms with van der Waals surface area (Å²) in [6.07, 6.45) is 3.79. The Morgan fingerprint density at radius 1 is 1.00 bits per heavy atom. The molecule has 0 spiro atoms. The summed E-state index contributed by atoms with van der Waals surface area (Å²) in [5, 5.41) is 9.47. The minimum Gasteiger partial charge on any atom is -0.293 e. The number of nitriles is 1. The van der Waals surface area contributed by atoms with Crippen LogP contribution in [0.2, 0.25) is 0 Å². The molecule has 0 bridgehead atoms. The van der Waals surface area contributed by atoms with Crippen molar-refractivity contribution in [1.29, 1.82) is 5.26 Å². The van der Waals surface area contributed by atoms with Gasteiger partial charge in [-0.1, -0.05) is 66.7 Å². The van der Waals surface area contributed by atoms with Gasteiger partial charge in [0.2, 0.25) is 0 Å². The van der Waals surface area contributed by atoms with E-state index in [1.165, 1.54) is 0 Å². The van der Waals surface area contributed by atoms with Crippen molar-refractivity contribution < 1.29 is 4.79 Å². The summed E-state index contributed by atoms with van der Waals surface area (Å²) in [7, 11) is 0. The zero-order valence-corrected chi connectivity index (χ0v) is 10.9. The Morgan fingerprint density at radius 2 is 1.70 bits per heavy atom. The molecule has 2 unspecified atom stereocenters. The first-order valence-corrected chi connectivity index (χ1v) is 6.57. The van der Waals surface area contributed by atoms with E-state index >= 15 is 0 Å². The van der Waals surface area contributed by atoms with E-state index in [1.807, 2.05) is 54.6 Å². The van der Waals surface area contributed by atoms with E-state index in [9.17, 15) is 10.1 Å². The summed E-state index contributed by atoms with van der Waals surface area (Å²) in [4.78, 5) is 12.6. The van der Waals surface area contributed by atoms with Gasteiger partial charge in [0, 0.05) is 5.56 Å². The maximum atomic E-state index is 12.6. The summed E-state index contributed by atoms with van der Waals surface area (Å²) in [6, 6.07) is 19.2. The Bertz CT molecular complexity index is 710. The lowest BCUT2D eigenvalue weighted by atomic mass is 9.77. The van der Waals surface area contributed by atoms with Crippen molar-refractivity contribution in [1.82, 2.24) is 0 Å². The van der Waals surface area contributed by atoms with Crippen LogP contribution >= 0.6 is 0 Å². The third kappa shape index (κ3) is 2.04. The third-order valence-electron chi connectivity index (χ3n) is 3.67. The summed E-state index contributed by atoms with van der Waals surface area (Å²) >= 11 is 0. The highest BCUT2D eigenvalue weighted by atomic mass is 16.1. The lowest BCUT2D eigenvalue weighted by molar-refractivity contribution is 0.0938. The van der Waals surface area contributed by atoms with E-state index in [2.05, 4.69) is 6.07 Å². The monoisotopic (exact) mass is 259 g/mol. The predicted octanol–water partition coefficient (Wildman–Crippen LogP) is 3.82. The molecule has 2 atom stereocenters. The number of fused-ring (bicyclic) bond motifs is 1. The normalized spacial score (nSPS) is 19.9. The Kier molecular flexibility index (Phi) is 3.18. The lowest BCUT2D eigenvalue weighted by Crippen LogP contribution is -2.22. The number of ketones is 1. The van der Waals surface area contributed by atoms with Crippen LogP contribution in [-0.2, 0) is 0 Å². The molecular weight excluding hydrogens is 246 g/mol. The second-order valence-electron chi connectivity index (χ2n) is 4.85. The standard InChI is InChI=1S/C18H13NO/c19-12-17-15-9-5-4-6-13(15)10-11-16(17)18(20)14-7-2-1-3-8-14/h1-11,16-17H. The molecule has 0 aliphatic heterocycles. The van der Waals surface area contributed by atoms with Gasteiger partial charge in [0.25, 0.3) is 0 Å². The van der Waals surface area contributed by atoms with Gasteiger partial charge in [-0.3, -0.25) is 4.79 Å². The molecule has 2 aromatic carbocycles. The van der Waals surface area contributed by atoms with E-state index in [1.54, 1.807) is 12.1 Å². The van der Waals surface area contributed by atoms with Crippen molar-refractivity contribution in [3.63, 3.8) is 0 Å². The van der Waals surface area contributed by atoms with Crippen molar-refractivity contribution in [2.75, 3.05) is 0 Å². The quantitative estimate of drug-likeness (QED) is 0.769. The van der Waals surface area contributed by atoms with E-state index in [-0.39, 0.29) is 5.78 Å². The van der Waals surface area contributed by atoms with Gasteiger partial charge in [0.15, 0.2) is 5.78 Å². The Balaban J connectivity index is 2.01. The minimum absolute atomic E-state index is 0.00269. The van der Waals surface area contributed by atoms with Crippen LogP contribution in [0.5, 0.6) is 0 Å². The van der Waals surface area contributed by atoms with Gasteiger partial charge < -0.3 is 0 Å². The molecule has 0 saturated carbocycles. The molecule has 1 aliphatic rings. The first-order valence-electron chi connectivity index (χ1n) is 6.57. The second-order valence-corrected chi connectivity index (χ2v) is 4.85. The highest BCUT2D eigenvalue weighted by molar-refractivity contribution is 6.00. The first-order chi connectivity index (χ1) is 9.81. The Labute approximate surface area is 118 Å². The Morgan fingerprint density at radius 3 is 2.45 bits per heavy atom. The zero-order valence-electron chi connectivity index (χ0n) is 10.9. The van der Waals surface area contributed by atoms with Gasteiger partial charge in [-0.25, -0.2) is 0 Å². The van der Waals surface area contributed by atoms with Crippen LogP contribution in [0, 0.1) is 17.2 Å². The third-order valence-corrected chi connectivity index (χ3v) is 3.67. The van der Waals surface area contributed by atoms with Gasteiger partial charge in [-0.2, -0.15) is 5.26 Å². The highest BCUT2D eigenvalue weighted by Crippen LogP contribution is 2.35. The predicted molar refractivity (Wildman–Crippen MR) is 78.1 cm³/mol. The molecule has 0 fully saturated rings. The summed E-state index contributed by atoms with van der Waals surface area (Å²) in [5.74, 6) is -0.816. The minimum atomic E-state index is -0.413. The molecule has 3 rings (SSSR count). The smallest absolute Gasteiger partial charge is 0.171 e. The molecule has 2 nitrogen and oxygen atoms in total. The number of benzene rings is 2. The largest absolute Gasteiger partial charge is 0.293 e. The average molecular weight is 259 g/mol. The lowest BCUT2D eigenvalue weighted by Gasteiger charge is -2.23. The van der Waals surface area contributed by atoms with Crippen molar-refractivity contribution in [2.45, 2.75) is 5.92 Å². The van der Waals surface area contributed by atoms with Crippen LogP contribution in [0.4, 0.5) is 0 Å². The molecule has 0 aromatic heterocycles. The maximum absolute atomic E-state index is 12.6. The molecule has 0 amide bonds. The van der Waals surface area contributed by atoms with E-state index in [4.69, 9.17) is 0 Å². The van der Waals surface area contributed by atoms with Crippen LogP contribution in [0.1, 0.15) is 27.4 Å². The van der Waals surface area contributed by atoms with Crippen molar-refractivity contribution in [2.24, 2.45) is 5.92 Å². The number of rotatable bonds is 2. The van der Waals surface area contributed by atoms with Crippen molar-refractivity contribution in [3.05, 3.63) is 77.4 Å². The van der Waals surface area contributed by atoms with Gasteiger partial charge in [-0.05, 0) is 11.1 Å². The fraction of sp³-hybridized carbons (Fsp3) is 0.111. The van der Waals surface area contributed by atoms with Crippen LogP contribution in [-0.4, -0.2) is 5.78 Å². The summed E-state index contributed by atoms with van der Waals surface area (Å²) in [5.41, 5.74) is 2.62. The molecule has 2 heteroatoms. The molecule has 0 N–H and O–H groups in total. The van der Waals surface area contributed by atoms with Gasteiger partial charge >= 0.3 is 0 Å². The highest BCUT2D eigenvalue weighted by Gasteiger charge is 2.31. The van der Waals surface area contributed by atoms with Crippen LogP contribution in [0.3, 0.4) is 0 Å². The topological polar surface area (TPSA) is 40.9 Å². The zero-order chi connectivity index (χ0) is 13.9. The van der Waals surface area contributed by atoms with E-state index in [0.717, 1.165) is 11.1 Å². The SMILES string of the molecule is N#CC1c2ccccc2C=CC1C(=O)c1ccccc1. The molecule has 0 saturated heterocycles. The molecular formula is C18H13NO. The number of Topliss-reactive ketones (excluding diaryl/α,β-unsaturated/α-hetero) is 1. The molecule has 96 valence electrons. The molecule has 1 aliphatic carbocycles. The molecule has 0 heterocycles. The van der Waals surface area contributed by atoms with Gasteiger partial charge in [0.05, 0.1) is 17.9 Å². The molecule has 0 radical (unpaired) electrons. The fourth-order valence-electron chi connectivity index (χ4n) is 2.64. The van der Waals surface area contributed by atoms with Crippen molar-refractivity contribution >= 4 is 11.9 Å².